The number of methoxy groups -OCH3 is 1. The maximum absolute atomic E-state index is 15.0. The number of aliphatic hydroxyl groups excluding tert-OH is 1. The Hall–Kier alpha value is -5.03. The number of ether oxygens (including phenoxy) is 4. The Balaban J connectivity index is 1.19. The van der Waals surface area contributed by atoms with Gasteiger partial charge in [-0.1, -0.05) is 59.8 Å². The number of piperidine rings is 2. The van der Waals surface area contributed by atoms with Crippen LogP contribution in [0.3, 0.4) is 0 Å². The molecule has 4 N–H and O–H groups in total. The van der Waals surface area contributed by atoms with Crippen LogP contribution in [-0.2, 0) is 19.0 Å². The summed E-state index contributed by atoms with van der Waals surface area (Å²) in [5.74, 6) is -4.54. The van der Waals surface area contributed by atoms with E-state index in [1.165, 1.54) is 13.2 Å². The second-order valence-electron chi connectivity index (χ2n) is 22.2. The molecule has 0 radical (unpaired) electrons. The number of rotatable bonds is 4. The number of likely N-dealkylation sites (tertiary alicyclic amines) is 3. The van der Waals surface area contributed by atoms with Crippen molar-refractivity contribution in [3.8, 4) is 17.2 Å². The van der Waals surface area contributed by atoms with Gasteiger partial charge in [0, 0.05) is 88.0 Å². The van der Waals surface area contributed by atoms with Crippen LogP contribution in [0.4, 0.5) is 10.5 Å². The number of allylic oxidation sites excluding steroid dienone is 3. The third-order valence-electron chi connectivity index (χ3n) is 16.3. The van der Waals surface area contributed by atoms with E-state index in [0.29, 0.717) is 43.8 Å². The maximum Gasteiger partial charge on any atom is 0.410 e. The molecule has 2 spiro atoms. The van der Waals surface area contributed by atoms with Crippen LogP contribution in [0.5, 0.6) is 17.2 Å². The molecule has 382 valence electrons. The van der Waals surface area contributed by atoms with Crippen LogP contribution >= 0.6 is 0 Å². The highest BCUT2D eigenvalue weighted by atomic mass is 16.7. The number of carbonyl (C=O) groups is 3. The predicted molar refractivity (Wildman–Crippen MR) is 266 cm³/mol. The zero-order valence-corrected chi connectivity index (χ0v) is 43.1. The van der Waals surface area contributed by atoms with Gasteiger partial charge in [-0.25, -0.2) is 4.79 Å². The summed E-state index contributed by atoms with van der Waals surface area (Å²) in [7, 11) is 3.68. The van der Waals surface area contributed by atoms with Crippen molar-refractivity contribution < 1.29 is 48.7 Å². The number of Topliss-reactive ketones (excluding diaryl/α,β-unsaturated/α-hetero) is 1. The molecule has 2 aromatic carbocycles. The second-order valence-corrected chi connectivity index (χ2v) is 22.2. The lowest BCUT2D eigenvalue weighted by Gasteiger charge is -2.39. The third-order valence-corrected chi connectivity index (χ3v) is 16.3. The minimum Gasteiger partial charge on any atom is -0.507 e. The first-order chi connectivity index (χ1) is 33.1. The van der Waals surface area contributed by atoms with E-state index in [0.717, 1.165) is 52.0 Å². The molecule has 2 aromatic rings. The summed E-state index contributed by atoms with van der Waals surface area (Å²) in [4.78, 5) is 60.1. The normalized spacial score (nSPS) is 32.3. The molecule has 7 aliphatic rings. The van der Waals surface area contributed by atoms with Gasteiger partial charge in [0.05, 0.1) is 34.8 Å². The molecule has 3 saturated heterocycles. The Morgan fingerprint density at radius 2 is 1.60 bits per heavy atom. The van der Waals surface area contributed by atoms with Crippen molar-refractivity contribution in [2.45, 2.75) is 131 Å². The molecule has 0 aromatic heterocycles. The number of fused-ring (bicyclic) bond motifs is 13. The van der Waals surface area contributed by atoms with Gasteiger partial charge in [0.25, 0.3) is 11.7 Å². The number of carbonyl (C=O) groups excluding carboxylic acids is 3. The van der Waals surface area contributed by atoms with E-state index in [1.807, 2.05) is 44.7 Å². The number of hydrogen-bond donors (Lipinski definition) is 4. The van der Waals surface area contributed by atoms with Gasteiger partial charge < -0.3 is 54.3 Å². The molecule has 2 amide bonds. The standard InChI is InChI=1S/C54H76N6O10/c1-30(2)28-59-23-19-54(20-24-59)56-41-38-39-45(62)36(8)48-40(38)49(64)52(9,70-48)68-26-15-37(67-11)34(6)47(69-51(66)60-25-18-53(29-60)16-21-58(10)22-17-53)35(7)44(61)33(5)27-31(3)13-12-14-32(4)50(65)55-43(46(39)63)42(41)57-54/h12-15,26,30-31,33-35,37,44,47,61-63H,16-25,27-29H2,1-11H3,(H,55,65)/b13-12+,26-15+,32-14-/t31?,33-,34-,35-,37+,44?,47-,52?/m1/s1. The average Bonchev–Trinajstić information content (AvgIpc) is 3.99. The number of aliphatic hydroxyl groups is 1. The van der Waals surface area contributed by atoms with E-state index >= 15 is 0 Å². The first-order valence-corrected chi connectivity index (χ1v) is 25.5. The van der Waals surface area contributed by atoms with E-state index in [4.69, 9.17) is 28.9 Å². The molecule has 0 aliphatic carbocycles. The molecule has 0 saturated carbocycles. The van der Waals surface area contributed by atoms with Gasteiger partial charge in [-0.2, -0.15) is 0 Å². The lowest BCUT2D eigenvalue weighted by Crippen LogP contribution is -2.47. The molecule has 7 heterocycles. The zero-order valence-electron chi connectivity index (χ0n) is 43.1. The largest absolute Gasteiger partial charge is 0.507 e. The summed E-state index contributed by atoms with van der Waals surface area (Å²) in [6.45, 7) is 22.5. The Labute approximate surface area is 412 Å². The van der Waals surface area contributed by atoms with Crippen LogP contribution in [0.15, 0.2) is 46.1 Å². The number of hydrogen-bond acceptors (Lipinski definition) is 14. The molecule has 7 aliphatic heterocycles. The lowest BCUT2D eigenvalue weighted by atomic mass is 9.78. The number of ketones is 1. The number of nitrogens with zero attached hydrogens (tertiary/aromatic N) is 5. The van der Waals surface area contributed by atoms with Crippen molar-refractivity contribution in [2.75, 3.05) is 65.3 Å². The molecule has 9 rings (SSSR count). The van der Waals surface area contributed by atoms with Crippen molar-refractivity contribution in [3.63, 3.8) is 0 Å². The second kappa shape index (κ2) is 19.9. The van der Waals surface area contributed by atoms with E-state index in [-0.39, 0.29) is 67.1 Å². The van der Waals surface area contributed by atoms with Crippen molar-refractivity contribution in [3.05, 3.63) is 58.0 Å². The van der Waals surface area contributed by atoms with Gasteiger partial charge in [0.15, 0.2) is 11.4 Å². The van der Waals surface area contributed by atoms with Gasteiger partial charge in [-0.05, 0) is 88.9 Å². The van der Waals surface area contributed by atoms with Crippen LogP contribution in [0.2, 0.25) is 0 Å². The minimum atomic E-state index is -1.94. The number of anilines is 1. The van der Waals surface area contributed by atoms with Crippen LogP contribution in [0, 0.1) is 41.9 Å². The summed E-state index contributed by atoms with van der Waals surface area (Å²) in [6.07, 6.45) is 10.3. The number of amides is 2. The highest BCUT2D eigenvalue weighted by molar-refractivity contribution is 6.19. The monoisotopic (exact) mass is 969 g/mol. The Bertz CT molecular complexity index is 2590. The molecular formula is C54H76N6O10. The fourth-order valence-electron chi connectivity index (χ4n) is 11.9. The number of phenols is 2. The highest BCUT2D eigenvalue weighted by Gasteiger charge is 2.51. The van der Waals surface area contributed by atoms with Gasteiger partial charge >= 0.3 is 11.9 Å². The smallest absolute Gasteiger partial charge is 0.410 e. The summed E-state index contributed by atoms with van der Waals surface area (Å²) < 4.78 is 25.2. The fraction of sp³-hybridized carbons (Fsp3) is 0.648. The summed E-state index contributed by atoms with van der Waals surface area (Å²) in [5, 5.41) is 39.7. The lowest BCUT2D eigenvalue weighted by molar-refractivity contribution is -0.112. The number of phenolic OH excluding ortho intramolecular Hbond substituents is 2. The van der Waals surface area contributed by atoms with Gasteiger partial charge in [0.1, 0.15) is 28.6 Å². The molecular weight excluding hydrogens is 893 g/mol. The summed E-state index contributed by atoms with van der Waals surface area (Å²) in [5.41, 5.74) is -0.299. The first kappa shape index (κ1) is 51.3. The number of nitrogens with one attached hydrogen (secondary N) is 1. The Morgan fingerprint density at radius 3 is 2.27 bits per heavy atom. The molecule has 3 fully saturated rings. The van der Waals surface area contributed by atoms with Gasteiger partial charge in [-0.15, -0.1) is 0 Å². The van der Waals surface area contributed by atoms with Crippen LogP contribution < -0.4 is 20.8 Å². The fourth-order valence-corrected chi connectivity index (χ4v) is 11.9. The van der Waals surface area contributed by atoms with Crippen molar-refractivity contribution in [2.24, 2.45) is 45.0 Å². The van der Waals surface area contributed by atoms with Crippen LogP contribution in [-0.4, -0.2) is 138 Å². The van der Waals surface area contributed by atoms with E-state index in [1.54, 1.807) is 33.1 Å². The Morgan fingerprint density at radius 1 is 0.929 bits per heavy atom. The summed E-state index contributed by atoms with van der Waals surface area (Å²) in [6, 6.07) is 0. The van der Waals surface area contributed by atoms with Gasteiger partial charge in [-0.3, -0.25) is 19.6 Å². The first-order valence-electron chi connectivity index (χ1n) is 25.5. The number of aromatic hydroxyl groups is 2. The van der Waals surface area contributed by atoms with Crippen LogP contribution in [0.25, 0.3) is 10.8 Å². The summed E-state index contributed by atoms with van der Waals surface area (Å²) >= 11 is 0. The topological polar surface area (TPSA) is 195 Å². The highest BCUT2D eigenvalue weighted by Crippen LogP contribution is 2.50. The number of benzene rings is 2. The minimum absolute atomic E-state index is 0.00885. The maximum atomic E-state index is 15.0. The van der Waals surface area contributed by atoms with E-state index in [9.17, 15) is 29.7 Å². The van der Waals surface area contributed by atoms with E-state index < -0.39 is 65.1 Å². The van der Waals surface area contributed by atoms with Crippen LogP contribution in [0.1, 0.15) is 110 Å². The molecule has 3 unspecified atom stereocenters. The predicted octanol–water partition coefficient (Wildman–Crippen LogP) is 6.77. The molecule has 16 heteroatoms. The quantitative estimate of drug-likeness (QED) is 0.235. The van der Waals surface area contributed by atoms with Crippen molar-refractivity contribution in [1.82, 2.24) is 14.7 Å². The third kappa shape index (κ3) is 9.69. The SMILES string of the molecule is CO[C@H]1/C=C/OC2(C)Oc3c(C)c(O)c4c(O)c(c5c(c4c3C2=O)=NC2(CCN(CC(C)C)CC2)N=5)NC(=O)/C(C)=C\C=C\C(C)C[C@@H](C)C(O)[C@@H](C)[C@H](OC(=O)N2CCC3(CCN(C)CC3)C2)[C@@H]1C. The zero-order chi connectivity index (χ0) is 50.6. The molecule has 16 nitrogen and oxygen atoms in total. The van der Waals surface area contributed by atoms with Gasteiger partial charge in [0.2, 0.25) is 0 Å². The van der Waals surface area contributed by atoms with Crippen molar-refractivity contribution >= 4 is 34.2 Å². The molecule has 5 bridgehead atoms. The Kier molecular flexibility index (Phi) is 14.6. The van der Waals surface area contributed by atoms with Crippen molar-refractivity contribution in [1.29, 1.82) is 0 Å². The molecule has 8 atom stereocenters. The average molecular weight is 969 g/mol. The molecule has 70 heavy (non-hydrogen) atoms. The van der Waals surface area contributed by atoms with E-state index in [2.05, 4.69) is 36.0 Å².